The minimum atomic E-state index is 0.0936. The van der Waals surface area contributed by atoms with Crippen molar-refractivity contribution in [3.63, 3.8) is 0 Å². The lowest BCUT2D eigenvalue weighted by atomic mass is 10.2. The van der Waals surface area contributed by atoms with E-state index in [0.717, 1.165) is 19.3 Å². The largest absolute Gasteiger partial charge is 0.504 e. The van der Waals surface area contributed by atoms with Crippen LogP contribution in [0, 0.1) is 0 Å². The van der Waals surface area contributed by atoms with Gasteiger partial charge in [0.2, 0.25) is 5.75 Å². The van der Waals surface area contributed by atoms with Crippen molar-refractivity contribution in [2.24, 2.45) is 0 Å². The van der Waals surface area contributed by atoms with Gasteiger partial charge in [0, 0.05) is 0 Å². The van der Waals surface area contributed by atoms with Gasteiger partial charge in [0.25, 0.3) is 0 Å². The van der Waals surface area contributed by atoms with Crippen LogP contribution in [0.4, 0.5) is 0 Å². The third-order valence-corrected chi connectivity index (χ3v) is 2.29. The molecule has 0 aliphatic rings. The number of benzene rings is 1. The first-order valence-corrected chi connectivity index (χ1v) is 6.02. The zero-order chi connectivity index (χ0) is 12.5. The summed E-state index contributed by atoms with van der Waals surface area (Å²) >= 11 is 0. The quantitative estimate of drug-likeness (QED) is 0.577. The zero-order valence-electron chi connectivity index (χ0n) is 10.5. The van der Waals surface area contributed by atoms with Crippen molar-refractivity contribution >= 4 is 0 Å². The van der Waals surface area contributed by atoms with E-state index in [1.807, 2.05) is 6.92 Å². The maximum absolute atomic E-state index is 9.68. The van der Waals surface area contributed by atoms with Crippen molar-refractivity contribution in [3.05, 3.63) is 30.5 Å². The molecule has 1 aromatic carbocycles. The van der Waals surface area contributed by atoms with Crippen LogP contribution in [-0.4, -0.2) is 11.7 Å². The summed E-state index contributed by atoms with van der Waals surface area (Å²) in [4.78, 5) is 0. The van der Waals surface area contributed by atoms with Crippen LogP contribution in [0.1, 0.15) is 33.1 Å². The Bertz CT molecular complexity index is 358. The molecule has 0 aromatic heterocycles. The van der Waals surface area contributed by atoms with Gasteiger partial charge in [-0.1, -0.05) is 31.9 Å². The number of unbranched alkanes of at least 4 members (excludes halogenated alkanes) is 2. The van der Waals surface area contributed by atoms with Gasteiger partial charge >= 0.3 is 0 Å². The third kappa shape index (κ3) is 4.39. The molecule has 0 bridgehead atoms. The van der Waals surface area contributed by atoms with Crippen molar-refractivity contribution in [1.29, 1.82) is 0 Å². The zero-order valence-corrected chi connectivity index (χ0v) is 10.5. The van der Waals surface area contributed by atoms with E-state index in [0.29, 0.717) is 18.1 Å². The Hall–Kier alpha value is -1.64. The molecule has 17 heavy (non-hydrogen) atoms. The lowest BCUT2D eigenvalue weighted by Gasteiger charge is -2.11. The molecule has 0 saturated carbocycles. The number of allylic oxidation sites excluding steroid dienone is 1. The van der Waals surface area contributed by atoms with Crippen LogP contribution in [-0.2, 0) is 0 Å². The summed E-state index contributed by atoms with van der Waals surface area (Å²) in [7, 11) is 0. The lowest BCUT2D eigenvalue weighted by molar-refractivity contribution is 0.287. The highest BCUT2D eigenvalue weighted by molar-refractivity contribution is 5.50. The van der Waals surface area contributed by atoms with E-state index >= 15 is 0 Å². The number of ether oxygens (including phenoxy) is 2. The summed E-state index contributed by atoms with van der Waals surface area (Å²) in [5.74, 6) is 1.05. The maximum atomic E-state index is 9.68. The van der Waals surface area contributed by atoms with Crippen molar-refractivity contribution in [2.45, 2.75) is 33.1 Å². The van der Waals surface area contributed by atoms with E-state index in [4.69, 9.17) is 9.47 Å². The molecule has 0 spiro atoms. The fraction of sp³-hybridized carbons (Fsp3) is 0.429. The summed E-state index contributed by atoms with van der Waals surface area (Å²) in [6.45, 7) is 4.64. The average Bonchev–Trinajstić information content (AvgIpc) is 2.34. The Labute approximate surface area is 103 Å². The average molecular weight is 236 g/mol. The van der Waals surface area contributed by atoms with Crippen molar-refractivity contribution in [3.8, 4) is 17.2 Å². The van der Waals surface area contributed by atoms with Crippen LogP contribution in [0.25, 0.3) is 0 Å². The second-order valence-corrected chi connectivity index (χ2v) is 3.75. The molecule has 0 atom stereocenters. The molecule has 0 amide bonds. The smallest absolute Gasteiger partial charge is 0.209 e. The molecule has 94 valence electrons. The van der Waals surface area contributed by atoms with Gasteiger partial charge in [0.1, 0.15) is 0 Å². The number of hydrogen-bond donors (Lipinski definition) is 1. The van der Waals surface area contributed by atoms with Gasteiger partial charge in [-0.05, 0) is 25.5 Å². The molecular weight excluding hydrogens is 216 g/mol. The topological polar surface area (TPSA) is 38.7 Å². The first-order chi connectivity index (χ1) is 8.29. The predicted octanol–water partition coefficient (Wildman–Crippen LogP) is 3.87. The first kappa shape index (κ1) is 13.4. The standard InChI is InChI=1S/C14H20O3/c1-3-5-6-11-16-13-9-7-8-12(15)14(13)17-10-4-2/h4,7-10,15H,3,5-6,11H2,1-2H3/b10-4-. The highest BCUT2D eigenvalue weighted by Gasteiger charge is 2.09. The van der Waals surface area contributed by atoms with E-state index in [2.05, 4.69) is 6.92 Å². The Morgan fingerprint density at radius 3 is 2.82 bits per heavy atom. The number of aromatic hydroxyl groups is 1. The van der Waals surface area contributed by atoms with Gasteiger partial charge < -0.3 is 14.6 Å². The number of hydrogen-bond acceptors (Lipinski definition) is 3. The molecule has 0 fully saturated rings. The minimum Gasteiger partial charge on any atom is -0.504 e. The highest BCUT2D eigenvalue weighted by atomic mass is 16.5. The van der Waals surface area contributed by atoms with Gasteiger partial charge in [-0.25, -0.2) is 0 Å². The minimum absolute atomic E-state index is 0.0936. The van der Waals surface area contributed by atoms with Gasteiger partial charge in [-0.15, -0.1) is 0 Å². The fourth-order valence-corrected chi connectivity index (χ4v) is 1.41. The summed E-state index contributed by atoms with van der Waals surface area (Å²) < 4.78 is 10.9. The van der Waals surface area contributed by atoms with E-state index in [9.17, 15) is 5.11 Å². The Balaban J connectivity index is 2.65. The van der Waals surface area contributed by atoms with E-state index in [1.54, 1.807) is 24.3 Å². The molecule has 0 aliphatic heterocycles. The summed E-state index contributed by atoms with van der Waals surface area (Å²) in [5, 5.41) is 9.68. The molecule has 0 unspecified atom stereocenters. The Morgan fingerprint density at radius 1 is 1.29 bits per heavy atom. The highest BCUT2D eigenvalue weighted by Crippen LogP contribution is 2.36. The van der Waals surface area contributed by atoms with Crippen LogP contribution < -0.4 is 9.47 Å². The molecular formula is C14H20O3. The second-order valence-electron chi connectivity index (χ2n) is 3.75. The first-order valence-electron chi connectivity index (χ1n) is 6.02. The predicted molar refractivity (Wildman–Crippen MR) is 68.6 cm³/mol. The maximum Gasteiger partial charge on any atom is 0.209 e. The van der Waals surface area contributed by atoms with Crippen LogP contribution in [0.15, 0.2) is 30.5 Å². The molecule has 1 rings (SSSR count). The number of para-hydroxylation sites is 1. The third-order valence-electron chi connectivity index (χ3n) is 2.29. The van der Waals surface area contributed by atoms with Crippen molar-refractivity contribution in [2.75, 3.05) is 6.61 Å². The van der Waals surface area contributed by atoms with Gasteiger partial charge in [0.05, 0.1) is 12.9 Å². The fourth-order valence-electron chi connectivity index (χ4n) is 1.41. The van der Waals surface area contributed by atoms with Crippen LogP contribution >= 0.6 is 0 Å². The number of phenols is 1. The molecule has 3 heteroatoms. The van der Waals surface area contributed by atoms with Crippen LogP contribution in [0.2, 0.25) is 0 Å². The normalized spacial score (nSPS) is 10.7. The summed E-state index contributed by atoms with van der Waals surface area (Å²) in [6.07, 6.45) is 6.59. The number of rotatable bonds is 7. The molecule has 0 heterocycles. The van der Waals surface area contributed by atoms with E-state index in [1.165, 1.54) is 6.26 Å². The van der Waals surface area contributed by atoms with E-state index in [-0.39, 0.29) is 5.75 Å². The summed E-state index contributed by atoms with van der Waals surface area (Å²) in [5.41, 5.74) is 0. The Morgan fingerprint density at radius 2 is 2.12 bits per heavy atom. The van der Waals surface area contributed by atoms with Crippen molar-refractivity contribution in [1.82, 2.24) is 0 Å². The molecule has 0 saturated heterocycles. The van der Waals surface area contributed by atoms with Crippen LogP contribution in [0.5, 0.6) is 17.2 Å². The molecule has 3 nitrogen and oxygen atoms in total. The molecule has 1 N–H and O–H groups in total. The molecule has 0 aliphatic carbocycles. The molecule has 0 radical (unpaired) electrons. The molecule has 1 aromatic rings. The number of phenolic OH excluding ortho intramolecular Hbond substituents is 1. The van der Waals surface area contributed by atoms with Crippen molar-refractivity contribution < 1.29 is 14.6 Å². The van der Waals surface area contributed by atoms with Gasteiger partial charge in [0.15, 0.2) is 11.5 Å². The van der Waals surface area contributed by atoms with Crippen LogP contribution in [0.3, 0.4) is 0 Å². The van der Waals surface area contributed by atoms with Gasteiger partial charge in [-0.2, -0.15) is 0 Å². The second kappa shape index (κ2) is 7.60. The summed E-state index contributed by atoms with van der Waals surface area (Å²) in [6, 6.07) is 5.12. The van der Waals surface area contributed by atoms with E-state index < -0.39 is 0 Å². The SMILES string of the molecule is C/C=C\Oc1c(O)cccc1OCCCCC. The lowest BCUT2D eigenvalue weighted by Crippen LogP contribution is -1.98. The monoisotopic (exact) mass is 236 g/mol. The Kier molecular flexibility index (Phi) is 6.00. The van der Waals surface area contributed by atoms with Gasteiger partial charge in [-0.3, -0.25) is 0 Å².